The van der Waals surface area contributed by atoms with E-state index < -0.39 is 0 Å². The molecule has 1 saturated carbocycles. The summed E-state index contributed by atoms with van der Waals surface area (Å²) < 4.78 is 11.5. The average Bonchev–Trinajstić information content (AvgIpc) is 3.50. The fourth-order valence-electron chi connectivity index (χ4n) is 2.38. The number of nitrogens with zero attached hydrogens (tertiary/aromatic N) is 3. The Kier molecular flexibility index (Phi) is 4.01. The van der Waals surface area contributed by atoms with Crippen molar-refractivity contribution >= 4 is 0 Å². The zero-order valence-electron chi connectivity index (χ0n) is 13.4. The van der Waals surface area contributed by atoms with Crippen LogP contribution in [0.4, 0.5) is 0 Å². The van der Waals surface area contributed by atoms with Gasteiger partial charge in [-0.15, -0.1) is 0 Å². The molecule has 3 aromatic rings. The summed E-state index contributed by atoms with van der Waals surface area (Å²) >= 11 is 0. The van der Waals surface area contributed by atoms with Crippen LogP contribution < -0.4 is 9.47 Å². The molecule has 0 aliphatic heterocycles. The van der Waals surface area contributed by atoms with Gasteiger partial charge in [-0.3, -0.25) is 0 Å². The Balaban J connectivity index is 1.42. The molecule has 122 valence electrons. The number of nitriles is 1. The summed E-state index contributed by atoms with van der Waals surface area (Å²) in [5.41, 5.74) is 0.603. The van der Waals surface area contributed by atoms with Crippen LogP contribution in [0.15, 0.2) is 60.8 Å². The number of ether oxygens (including phenoxy) is 2. The molecule has 0 amide bonds. The third kappa shape index (κ3) is 3.75. The van der Waals surface area contributed by atoms with Crippen LogP contribution in [0.3, 0.4) is 0 Å². The second-order valence-electron chi connectivity index (χ2n) is 5.84. The van der Waals surface area contributed by atoms with Crippen molar-refractivity contribution in [2.24, 2.45) is 0 Å². The van der Waals surface area contributed by atoms with Gasteiger partial charge in [0.25, 0.3) is 0 Å². The number of benzene rings is 2. The molecule has 1 fully saturated rings. The summed E-state index contributed by atoms with van der Waals surface area (Å²) in [6.07, 6.45) is 4.05. The van der Waals surface area contributed by atoms with E-state index >= 15 is 0 Å². The van der Waals surface area contributed by atoms with Crippen LogP contribution in [0.25, 0.3) is 0 Å². The van der Waals surface area contributed by atoms with E-state index in [1.165, 1.54) is 0 Å². The van der Waals surface area contributed by atoms with E-state index in [1.54, 1.807) is 36.5 Å². The van der Waals surface area contributed by atoms with E-state index in [2.05, 4.69) is 16.0 Å². The van der Waals surface area contributed by atoms with E-state index in [4.69, 9.17) is 14.7 Å². The lowest BCUT2D eigenvalue weighted by Crippen LogP contribution is -1.95. The fourth-order valence-corrected chi connectivity index (χ4v) is 2.38. The zero-order chi connectivity index (χ0) is 17.1. The maximum absolute atomic E-state index is 8.81. The van der Waals surface area contributed by atoms with Gasteiger partial charge in [0.15, 0.2) is 0 Å². The van der Waals surface area contributed by atoms with Gasteiger partial charge in [-0.1, -0.05) is 0 Å². The minimum atomic E-state index is 0.492. The number of aromatic nitrogens is 2. The molecule has 0 atom stereocenters. The first-order valence-corrected chi connectivity index (χ1v) is 8.09. The lowest BCUT2D eigenvalue weighted by atomic mass is 10.2. The normalized spacial score (nSPS) is 13.1. The Hall–Kier alpha value is -3.39. The Morgan fingerprint density at radius 1 is 0.840 bits per heavy atom. The topological polar surface area (TPSA) is 68.0 Å². The Bertz CT molecular complexity index is 911. The third-order valence-corrected chi connectivity index (χ3v) is 3.86. The van der Waals surface area contributed by atoms with Crippen LogP contribution in [0.2, 0.25) is 0 Å². The standard InChI is InChI=1S/C20H15N3O2/c21-13-14-1-5-16(6-2-14)24-17-7-9-18(10-8-17)25-19-11-12-22-20(23-19)15-3-4-15/h1-2,5-12,15H,3-4H2. The SMILES string of the molecule is N#Cc1ccc(Oc2ccc(Oc3ccnc(C4CC4)n3)cc2)cc1. The van der Waals surface area contributed by atoms with Crippen molar-refractivity contribution in [2.45, 2.75) is 18.8 Å². The Labute approximate surface area is 145 Å². The van der Waals surface area contributed by atoms with Gasteiger partial charge < -0.3 is 9.47 Å². The van der Waals surface area contributed by atoms with Crippen molar-refractivity contribution in [2.75, 3.05) is 0 Å². The lowest BCUT2D eigenvalue weighted by Gasteiger charge is -2.08. The zero-order valence-corrected chi connectivity index (χ0v) is 13.4. The molecule has 5 heteroatoms. The minimum absolute atomic E-state index is 0.492. The van der Waals surface area contributed by atoms with Gasteiger partial charge in [0.1, 0.15) is 23.1 Å². The van der Waals surface area contributed by atoms with Crippen LogP contribution >= 0.6 is 0 Å². The molecule has 1 aliphatic carbocycles. The van der Waals surface area contributed by atoms with Crippen LogP contribution in [-0.4, -0.2) is 9.97 Å². The largest absolute Gasteiger partial charge is 0.457 e. The molecule has 0 bridgehead atoms. The van der Waals surface area contributed by atoms with E-state index in [1.807, 2.05) is 24.3 Å². The maximum atomic E-state index is 8.81. The molecule has 2 aromatic carbocycles. The van der Waals surface area contributed by atoms with Gasteiger partial charge in [-0.25, -0.2) is 4.98 Å². The third-order valence-electron chi connectivity index (χ3n) is 3.86. The molecule has 4 rings (SSSR count). The molecular weight excluding hydrogens is 314 g/mol. The van der Waals surface area contributed by atoms with E-state index in [0.717, 1.165) is 18.7 Å². The predicted molar refractivity (Wildman–Crippen MR) is 91.8 cm³/mol. The number of rotatable bonds is 5. The minimum Gasteiger partial charge on any atom is -0.457 e. The average molecular weight is 329 g/mol. The molecule has 0 unspecified atom stereocenters. The Morgan fingerprint density at radius 3 is 2.04 bits per heavy atom. The van der Waals surface area contributed by atoms with Crippen molar-refractivity contribution < 1.29 is 9.47 Å². The number of hydrogen-bond acceptors (Lipinski definition) is 5. The molecule has 0 N–H and O–H groups in total. The molecule has 25 heavy (non-hydrogen) atoms. The lowest BCUT2D eigenvalue weighted by molar-refractivity contribution is 0.453. The predicted octanol–water partition coefficient (Wildman–Crippen LogP) is 4.81. The van der Waals surface area contributed by atoms with Crippen LogP contribution in [-0.2, 0) is 0 Å². The first kappa shape index (κ1) is 15.2. The fraction of sp³-hybridized carbons (Fsp3) is 0.150. The van der Waals surface area contributed by atoms with E-state index in [9.17, 15) is 0 Å². The molecule has 0 saturated heterocycles. The summed E-state index contributed by atoms with van der Waals surface area (Å²) in [6.45, 7) is 0. The summed E-state index contributed by atoms with van der Waals surface area (Å²) in [4.78, 5) is 8.73. The highest BCUT2D eigenvalue weighted by molar-refractivity contribution is 5.39. The molecule has 1 heterocycles. The Morgan fingerprint density at radius 2 is 1.44 bits per heavy atom. The van der Waals surface area contributed by atoms with Crippen LogP contribution in [0.5, 0.6) is 23.1 Å². The van der Waals surface area contributed by atoms with Gasteiger partial charge >= 0.3 is 0 Å². The number of hydrogen-bond donors (Lipinski definition) is 0. The summed E-state index contributed by atoms with van der Waals surface area (Å²) in [6, 6.07) is 18.1. The van der Waals surface area contributed by atoms with Gasteiger partial charge in [-0.2, -0.15) is 10.2 Å². The summed E-state index contributed by atoms with van der Waals surface area (Å²) in [5, 5.41) is 8.81. The second kappa shape index (κ2) is 6.62. The van der Waals surface area contributed by atoms with Crippen molar-refractivity contribution in [1.82, 2.24) is 9.97 Å². The molecular formula is C20H15N3O2. The van der Waals surface area contributed by atoms with Crippen molar-refractivity contribution in [1.29, 1.82) is 5.26 Å². The van der Waals surface area contributed by atoms with Gasteiger partial charge in [-0.05, 0) is 61.4 Å². The quantitative estimate of drug-likeness (QED) is 0.672. The van der Waals surface area contributed by atoms with Crippen molar-refractivity contribution in [3.63, 3.8) is 0 Å². The first-order valence-electron chi connectivity index (χ1n) is 8.09. The summed E-state index contributed by atoms with van der Waals surface area (Å²) in [7, 11) is 0. The van der Waals surface area contributed by atoms with Crippen molar-refractivity contribution in [3.05, 3.63) is 72.2 Å². The van der Waals surface area contributed by atoms with Gasteiger partial charge in [0, 0.05) is 18.2 Å². The monoisotopic (exact) mass is 329 g/mol. The van der Waals surface area contributed by atoms with Crippen LogP contribution in [0.1, 0.15) is 30.1 Å². The van der Waals surface area contributed by atoms with Crippen LogP contribution in [0, 0.1) is 11.3 Å². The molecule has 0 spiro atoms. The maximum Gasteiger partial charge on any atom is 0.222 e. The second-order valence-corrected chi connectivity index (χ2v) is 5.84. The highest BCUT2D eigenvalue weighted by Crippen LogP contribution is 2.38. The molecule has 0 radical (unpaired) electrons. The molecule has 1 aliphatic rings. The molecule has 1 aromatic heterocycles. The van der Waals surface area contributed by atoms with Gasteiger partial charge in [0.2, 0.25) is 5.88 Å². The molecule has 5 nitrogen and oxygen atoms in total. The van der Waals surface area contributed by atoms with Gasteiger partial charge in [0.05, 0.1) is 11.6 Å². The van der Waals surface area contributed by atoms with E-state index in [0.29, 0.717) is 34.6 Å². The first-order chi connectivity index (χ1) is 12.3. The smallest absolute Gasteiger partial charge is 0.222 e. The highest BCUT2D eigenvalue weighted by atomic mass is 16.5. The summed E-state index contributed by atoms with van der Waals surface area (Å²) in [5.74, 6) is 3.96. The van der Waals surface area contributed by atoms with Crippen molar-refractivity contribution in [3.8, 4) is 29.2 Å². The van der Waals surface area contributed by atoms with E-state index in [-0.39, 0.29) is 0 Å². The highest BCUT2D eigenvalue weighted by Gasteiger charge is 2.26.